The summed E-state index contributed by atoms with van der Waals surface area (Å²) in [4.78, 5) is 0. The predicted molar refractivity (Wildman–Crippen MR) is 85.1 cm³/mol. The van der Waals surface area contributed by atoms with E-state index in [0.29, 0.717) is 11.3 Å². The van der Waals surface area contributed by atoms with Crippen LogP contribution in [0.3, 0.4) is 0 Å². The van der Waals surface area contributed by atoms with E-state index in [4.69, 9.17) is 10.5 Å². The molecule has 112 valence electrons. The quantitative estimate of drug-likeness (QED) is 0.877. The predicted octanol–water partition coefficient (Wildman–Crippen LogP) is 4.22. The minimum Gasteiger partial charge on any atom is -0.489 e. The minimum absolute atomic E-state index is 0.147. The summed E-state index contributed by atoms with van der Waals surface area (Å²) in [7, 11) is 0. The van der Waals surface area contributed by atoms with Crippen LogP contribution in [0.25, 0.3) is 0 Å². The van der Waals surface area contributed by atoms with Gasteiger partial charge in [0, 0.05) is 6.04 Å². The molecule has 20 heavy (non-hydrogen) atoms. The van der Waals surface area contributed by atoms with E-state index < -0.39 is 0 Å². The Labute approximate surface area is 123 Å². The van der Waals surface area contributed by atoms with Crippen molar-refractivity contribution in [2.75, 3.05) is 0 Å². The number of aryl methyl sites for hydroxylation is 2. The van der Waals surface area contributed by atoms with Gasteiger partial charge in [-0.15, -0.1) is 0 Å². The van der Waals surface area contributed by atoms with Gasteiger partial charge in [-0.05, 0) is 61.6 Å². The topological polar surface area (TPSA) is 35.2 Å². The number of hydrogen-bond acceptors (Lipinski definition) is 2. The third kappa shape index (κ3) is 3.54. The van der Waals surface area contributed by atoms with E-state index in [2.05, 4.69) is 52.8 Å². The Kier molecular flexibility index (Phi) is 4.43. The van der Waals surface area contributed by atoms with E-state index >= 15 is 0 Å². The molecule has 0 spiro atoms. The van der Waals surface area contributed by atoms with Gasteiger partial charge in [-0.1, -0.05) is 32.9 Å². The Morgan fingerprint density at radius 1 is 1.15 bits per heavy atom. The molecular weight excluding hydrogens is 246 g/mol. The molecule has 1 fully saturated rings. The van der Waals surface area contributed by atoms with Crippen LogP contribution in [0, 0.1) is 25.2 Å². The maximum absolute atomic E-state index is 6.30. The number of ether oxygens (including phenoxy) is 1. The largest absolute Gasteiger partial charge is 0.489 e. The van der Waals surface area contributed by atoms with E-state index in [0.717, 1.165) is 18.6 Å². The molecule has 1 aliphatic carbocycles. The first-order valence-corrected chi connectivity index (χ1v) is 7.77. The number of nitrogens with two attached hydrogens (primary N) is 1. The fraction of sp³-hybridized carbons (Fsp3) is 0.667. The monoisotopic (exact) mass is 275 g/mol. The van der Waals surface area contributed by atoms with Gasteiger partial charge in [-0.25, -0.2) is 0 Å². The summed E-state index contributed by atoms with van der Waals surface area (Å²) >= 11 is 0. The highest BCUT2D eigenvalue weighted by Crippen LogP contribution is 2.39. The van der Waals surface area contributed by atoms with Crippen LogP contribution in [-0.2, 0) is 0 Å². The van der Waals surface area contributed by atoms with Crippen LogP contribution in [0.15, 0.2) is 18.2 Å². The van der Waals surface area contributed by atoms with Crippen LogP contribution in [0.4, 0.5) is 0 Å². The van der Waals surface area contributed by atoms with Crippen molar-refractivity contribution >= 4 is 0 Å². The molecule has 0 aliphatic heterocycles. The zero-order chi connectivity index (χ0) is 14.9. The van der Waals surface area contributed by atoms with Crippen molar-refractivity contribution in [3.05, 3.63) is 29.3 Å². The zero-order valence-electron chi connectivity index (χ0n) is 13.6. The van der Waals surface area contributed by atoms with E-state index in [9.17, 15) is 0 Å². The number of hydrogen-bond donors (Lipinski definition) is 1. The Balaban J connectivity index is 2.12. The molecule has 0 radical (unpaired) electrons. The maximum atomic E-state index is 6.30. The molecule has 1 aromatic rings. The molecule has 2 nitrogen and oxygen atoms in total. The Morgan fingerprint density at radius 3 is 2.50 bits per heavy atom. The standard InChI is InChI=1S/C18H29NO/c1-12-6-7-13(2)16(10-12)20-17-11-14(18(3,4)5)8-9-15(17)19/h6-7,10,14-15,17H,8-9,11,19H2,1-5H3. The van der Waals surface area contributed by atoms with Crippen LogP contribution < -0.4 is 10.5 Å². The highest BCUT2D eigenvalue weighted by molar-refractivity contribution is 5.36. The third-order valence-corrected chi connectivity index (χ3v) is 4.69. The van der Waals surface area contributed by atoms with Gasteiger partial charge in [0.1, 0.15) is 11.9 Å². The smallest absolute Gasteiger partial charge is 0.122 e. The van der Waals surface area contributed by atoms with Gasteiger partial charge in [0.15, 0.2) is 0 Å². The van der Waals surface area contributed by atoms with Crippen molar-refractivity contribution in [3.8, 4) is 5.75 Å². The van der Waals surface area contributed by atoms with Crippen LogP contribution in [0.1, 0.15) is 51.2 Å². The highest BCUT2D eigenvalue weighted by atomic mass is 16.5. The molecule has 1 saturated carbocycles. The SMILES string of the molecule is Cc1ccc(C)c(OC2CC(C(C)(C)C)CCC2N)c1. The van der Waals surface area contributed by atoms with Gasteiger partial charge in [0.25, 0.3) is 0 Å². The van der Waals surface area contributed by atoms with Crippen molar-refractivity contribution in [2.45, 2.75) is 66.0 Å². The van der Waals surface area contributed by atoms with Gasteiger partial charge >= 0.3 is 0 Å². The van der Waals surface area contributed by atoms with Crippen molar-refractivity contribution in [3.63, 3.8) is 0 Å². The van der Waals surface area contributed by atoms with E-state index in [1.54, 1.807) is 0 Å². The van der Waals surface area contributed by atoms with Gasteiger partial charge < -0.3 is 10.5 Å². The van der Waals surface area contributed by atoms with Crippen molar-refractivity contribution in [2.24, 2.45) is 17.1 Å². The molecule has 2 N–H and O–H groups in total. The average molecular weight is 275 g/mol. The molecule has 0 bridgehead atoms. The molecule has 1 aliphatic rings. The molecule has 0 amide bonds. The lowest BCUT2D eigenvalue weighted by atomic mass is 9.70. The summed E-state index contributed by atoms with van der Waals surface area (Å²) in [6.07, 6.45) is 3.50. The van der Waals surface area contributed by atoms with Gasteiger partial charge in [0.2, 0.25) is 0 Å². The summed E-state index contributed by atoms with van der Waals surface area (Å²) in [5, 5.41) is 0. The summed E-state index contributed by atoms with van der Waals surface area (Å²) in [6.45, 7) is 11.2. The molecule has 3 unspecified atom stereocenters. The van der Waals surface area contributed by atoms with Crippen molar-refractivity contribution in [1.29, 1.82) is 0 Å². The maximum Gasteiger partial charge on any atom is 0.122 e. The molecule has 0 aromatic heterocycles. The summed E-state index contributed by atoms with van der Waals surface area (Å²) < 4.78 is 6.28. The minimum atomic E-state index is 0.147. The molecule has 0 heterocycles. The van der Waals surface area contributed by atoms with Crippen LogP contribution in [-0.4, -0.2) is 12.1 Å². The molecule has 2 heteroatoms. The second-order valence-corrected chi connectivity index (χ2v) is 7.47. The first-order valence-electron chi connectivity index (χ1n) is 7.77. The fourth-order valence-electron chi connectivity index (χ4n) is 3.07. The first-order chi connectivity index (χ1) is 9.27. The number of benzene rings is 1. The van der Waals surface area contributed by atoms with E-state index in [1.807, 2.05) is 0 Å². The molecular formula is C18H29NO. The van der Waals surface area contributed by atoms with Crippen molar-refractivity contribution < 1.29 is 4.74 Å². The lowest BCUT2D eigenvalue weighted by molar-refractivity contribution is 0.0587. The molecule has 3 atom stereocenters. The van der Waals surface area contributed by atoms with Crippen LogP contribution in [0.5, 0.6) is 5.75 Å². The second-order valence-electron chi connectivity index (χ2n) is 7.47. The van der Waals surface area contributed by atoms with Crippen LogP contribution in [0.2, 0.25) is 0 Å². The average Bonchev–Trinajstić information content (AvgIpc) is 2.35. The molecule has 1 aromatic carbocycles. The van der Waals surface area contributed by atoms with Crippen molar-refractivity contribution in [1.82, 2.24) is 0 Å². The van der Waals surface area contributed by atoms with E-state index in [1.165, 1.54) is 17.5 Å². The normalized spacial score (nSPS) is 27.4. The Bertz CT molecular complexity index is 461. The molecule has 2 rings (SSSR count). The first kappa shape index (κ1) is 15.4. The second kappa shape index (κ2) is 5.77. The molecule has 0 saturated heterocycles. The summed E-state index contributed by atoms with van der Waals surface area (Å²) in [6, 6.07) is 6.54. The van der Waals surface area contributed by atoms with E-state index in [-0.39, 0.29) is 12.1 Å². The highest BCUT2D eigenvalue weighted by Gasteiger charge is 2.35. The zero-order valence-corrected chi connectivity index (χ0v) is 13.6. The van der Waals surface area contributed by atoms with Gasteiger partial charge in [0.05, 0.1) is 0 Å². The van der Waals surface area contributed by atoms with Gasteiger partial charge in [-0.2, -0.15) is 0 Å². The van der Waals surface area contributed by atoms with Crippen LogP contribution >= 0.6 is 0 Å². The lowest BCUT2D eigenvalue weighted by Crippen LogP contribution is -2.46. The fourth-order valence-corrected chi connectivity index (χ4v) is 3.07. The Morgan fingerprint density at radius 2 is 1.85 bits per heavy atom. The Hall–Kier alpha value is -1.02. The summed E-state index contributed by atoms with van der Waals surface area (Å²) in [5.41, 5.74) is 9.07. The van der Waals surface area contributed by atoms with Gasteiger partial charge in [-0.3, -0.25) is 0 Å². The number of rotatable bonds is 2. The third-order valence-electron chi connectivity index (χ3n) is 4.69. The summed E-state index contributed by atoms with van der Waals surface area (Å²) in [5.74, 6) is 1.69. The lowest BCUT2D eigenvalue weighted by Gasteiger charge is -2.40.